The lowest BCUT2D eigenvalue weighted by Crippen LogP contribution is -2.29. The standard InChI is InChI=1S/C20H26N2O4S/c1-4-13-27(24,25)22-19-12-11-16(26-3)14-17(19)20(23)21-18(5-2)15-9-7-6-8-10-15/h6-12,14,18,22H,4-5,13H2,1-3H3,(H,21,23). The third kappa shape index (κ3) is 5.72. The van der Waals surface area contributed by atoms with Crippen LogP contribution < -0.4 is 14.8 Å². The first-order valence-electron chi connectivity index (χ1n) is 8.94. The van der Waals surface area contributed by atoms with Crippen molar-refractivity contribution in [3.05, 3.63) is 59.7 Å². The van der Waals surface area contributed by atoms with Crippen molar-refractivity contribution in [3.8, 4) is 5.75 Å². The first-order valence-corrected chi connectivity index (χ1v) is 10.6. The van der Waals surface area contributed by atoms with Gasteiger partial charge < -0.3 is 10.1 Å². The van der Waals surface area contributed by atoms with Crippen molar-refractivity contribution >= 4 is 21.6 Å². The minimum Gasteiger partial charge on any atom is -0.497 e. The molecule has 0 radical (unpaired) electrons. The second-order valence-electron chi connectivity index (χ2n) is 6.18. The molecule has 0 aromatic heterocycles. The molecule has 1 unspecified atom stereocenters. The summed E-state index contributed by atoms with van der Waals surface area (Å²) in [5.41, 5.74) is 1.46. The van der Waals surface area contributed by atoms with Crippen LogP contribution in [0.1, 0.15) is 48.7 Å². The van der Waals surface area contributed by atoms with Crippen molar-refractivity contribution in [3.63, 3.8) is 0 Å². The number of carbonyl (C=O) groups is 1. The zero-order valence-corrected chi connectivity index (χ0v) is 16.7. The predicted octanol–water partition coefficient (Wildman–Crippen LogP) is 3.73. The first-order chi connectivity index (χ1) is 12.9. The van der Waals surface area contributed by atoms with Crippen molar-refractivity contribution in [2.75, 3.05) is 17.6 Å². The smallest absolute Gasteiger partial charge is 0.254 e. The fourth-order valence-corrected chi connectivity index (χ4v) is 3.91. The summed E-state index contributed by atoms with van der Waals surface area (Å²) in [5, 5.41) is 2.98. The maximum Gasteiger partial charge on any atom is 0.254 e. The minimum atomic E-state index is -3.52. The third-order valence-electron chi connectivity index (χ3n) is 4.13. The van der Waals surface area contributed by atoms with Crippen molar-refractivity contribution in [1.29, 1.82) is 0 Å². The third-order valence-corrected chi connectivity index (χ3v) is 5.60. The van der Waals surface area contributed by atoms with Crippen LogP contribution in [0.3, 0.4) is 0 Å². The van der Waals surface area contributed by atoms with Gasteiger partial charge in [-0.05, 0) is 36.6 Å². The van der Waals surface area contributed by atoms with E-state index in [1.165, 1.54) is 13.2 Å². The maximum atomic E-state index is 12.9. The fraction of sp³-hybridized carbons (Fsp3) is 0.350. The van der Waals surface area contributed by atoms with Gasteiger partial charge in [-0.25, -0.2) is 8.42 Å². The summed E-state index contributed by atoms with van der Waals surface area (Å²) in [4.78, 5) is 12.9. The van der Waals surface area contributed by atoms with E-state index in [-0.39, 0.29) is 29.0 Å². The number of carbonyl (C=O) groups excluding carboxylic acids is 1. The summed E-state index contributed by atoms with van der Waals surface area (Å²) in [6.07, 6.45) is 1.19. The highest BCUT2D eigenvalue weighted by molar-refractivity contribution is 7.92. The van der Waals surface area contributed by atoms with E-state index in [4.69, 9.17) is 4.74 Å². The topological polar surface area (TPSA) is 84.5 Å². The van der Waals surface area contributed by atoms with E-state index in [1.54, 1.807) is 19.1 Å². The zero-order valence-electron chi connectivity index (χ0n) is 15.9. The number of ether oxygens (including phenoxy) is 1. The molecule has 27 heavy (non-hydrogen) atoms. The highest BCUT2D eigenvalue weighted by Gasteiger charge is 2.20. The van der Waals surface area contributed by atoms with E-state index in [0.717, 1.165) is 5.56 Å². The Morgan fingerprint density at radius 1 is 1.11 bits per heavy atom. The molecule has 0 saturated heterocycles. The van der Waals surface area contributed by atoms with Gasteiger partial charge in [0.25, 0.3) is 5.91 Å². The second kappa shape index (κ2) is 9.41. The molecule has 0 spiro atoms. The number of amides is 1. The molecule has 0 heterocycles. The number of benzene rings is 2. The van der Waals surface area contributed by atoms with Gasteiger partial charge in [0.05, 0.1) is 30.2 Å². The summed E-state index contributed by atoms with van der Waals surface area (Å²) in [5.74, 6) is 0.104. The average molecular weight is 391 g/mol. The Balaban J connectivity index is 2.32. The monoisotopic (exact) mass is 390 g/mol. The maximum absolute atomic E-state index is 12.9. The Labute approximate surface area is 161 Å². The lowest BCUT2D eigenvalue weighted by Gasteiger charge is -2.19. The van der Waals surface area contributed by atoms with Crippen molar-refractivity contribution in [2.24, 2.45) is 0 Å². The van der Waals surface area contributed by atoms with Crippen molar-refractivity contribution < 1.29 is 17.9 Å². The molecule has 2 aromatic carbocycles. The number of rotatable bonds is 9. The molecule has 2 N–H and O–H groups in total. The number of hydrogen-bond donors (Lipinski definition) is 2. The van der Waals surface area contributed by atoms with Crippen LogP contribution in [0.5, 0.6) is 5.75 Å². The molecular weight excluding hydrogens is 364 g/mol. The number of nitrogens with one attached hydrogen (secondary N) is 2. The number of sulfonamides is 1. The molecule has 2 aromatic rings. The van der Waals surface area contributed by atoms with Gasteiger partial charge in [-0.3, -0.25) is 9.52 Å². The Kier molecular flexibility index (Phi) is 7.24. The van der Waals surface area contributed by atoms with Gasteiger partial charge in [-0.1, -0.05) is 44.2 Å². The van der Waals surface area contributed by atoms with Gasteiger partial charge in [-0.15, -0.1) is 0 Å². The molecule has 146 valence electrons. The normalized spacial score (nSPS) is 12.3. The molecule has 1 amide bonds. The van der Waals surface area contributed by atoms with Crippen molar-refractivity contribution in [2.45, 2.75) is 32.7 Å². The molecule has 0 fully saturated rings. The van der Waals surface area contributed by atoms with Crippen LogP contribution in [0.2, 0.25) is 0 Å². The van der Waals surface area contributed by atoms with Gasteiger partial charge >= 0.3 is 0 Å². The highest BCUT2D eigenvalue weighted by Crippen LogP contribution is 2.25. The summed E-state index contributed by atoms with van der Waals surface area (Å²) in [6, 6.07) is 14.2. The van der Waals surface area contributed by atoms with Crippen LogP contribution in [0.15, 0.2) is 48.5 Å². The molecule has 2 rings (SSSR count). The fourth-order valence-electron chi connectivity index (χ4n) is 2.76. The van der Waals surface area contributed by atoms with Gasteiger partial charge in [0.15, 0.2) is 0 Å². The second-order valence-corrected chi connectivity index (χ2v) is 8.02. The minimum absolute atomic E-state index is 0.0122. The molecule has 6 nitrogen and oxygen atoms in total. The van der Waals surface area contributed by atoms with E-state index in [9.17, 15) is 13.2 Å². The Morgan fingerprint density at radius 3 is 2.41 bits per heavy atom. The van der Waals surface area contributed by atoms with Crippen LogP contribution in [0.25, 0.3) is 0 Å². The number of methoxy groups -OCH3 is 1. The SMILES string of the molecule is CCCS(=O)(=O)Nc1ccc(OC)cc1C(=O)NC(CC)c1ccccc1. The summed E-state index contributed by atoms with van der Waals surface area (Å²) < 4.78 is 32.0. The Hall–Kier alpha value is -2.54. The molecule has 1 atom stereocenters. The predicted molar refractivity (Wildman–Crippen MR) is 108 cm³/mol. The number of anilines is 1. The van der Waals surface area contributed by atoms with Crippen LogP contribution >= 0.6 is 0 Å². The number of hydrogen-bond acceptors (Lipinski definition) is 4. The first kappa shape index (κ1) is 20.8. The van der Waals surface area contributed by atoms with Crippen LogP contribution in [0.4, 0.5) is 5.69 Å². The van der Waals surface area contributed by atoms with E-state index in [0.29, 0.717) is 18.6 Å². The molecule has 7 heteroatoms. The quantitative estimate of drug-likeness (QED) is 0.683. The lowest BCUT2D eigenvalue weighted by molar-refractivity contribution is 0.0936. The molecule has 0 aliphatic rings. The van der Waals surface area contributed by atoms with Gasteiger partial charge in [0.1, 0.15) is 5.75 Å². The molecule has 0 aliphatic heterocycles. The molecule has 0 bridgehead atoms. The molecule has 0 saturated carbocycles. The Bertz CT molecular complexity index is 867. The van der Waals surface area contributed by atoms with E-state index in [1.807, 2.05) is 37.3 Å². The largest absolute Gasteiger partial charge is 0.497 e. The van der Waals surface area contributed by atoms with E-state index < -0.39 is 10.0 Å². The van der Waals surface area contributed by atoms with Crippen LogP contribution in [0, 0.1) is 0 Å². The van der Waals surface area contributed by atoms with Crippen LogP contribution in [-0.4, -0.2) is 27.2 Å². The van der Waals surface area contributed by atoms with Gasteiger partial charge in [0, 0.05) is 0 Å². The van der Waals surface area contributed by atoms with Crippen LogP contribution in [-0.2, 0) is 10.0 Å². The Morgan fingerprint density at radius 2 is 1.81 bits per heavy atom. The highest BCUT2D eigenvalue weighted by atomic mass is 32.2. The molecular formula is C20H26N2O4S. The summed E-state index contributed by atoms with van der Waals surface area (Å²) >= 11 is 0. The van der Waals surface area contributed by atoms with Gasteiger partial charge in [-0.2, -0.15) is 0 Å². The summed E-state index contributed by atoms with van der Waals surface area (Å²) in [6.45, 7) is 3.76. The average Bonchev–Trinajstić information content (AvgIpc) is 2.66. The lowest BCUT2D eigenvalue weighted by atomic mass is 10.0. The summed E-state index contributed by atoms with van der Waals surface area (Å²) in [7, 11) is -2.02. The zero-order chi connectivity index (χ0) is 19.9. The molecule has 0 aliphatic carbocycles. The van der Waals surface area contributed by atoms with E-state index in [2.05, 4.69) is 10.0 Å². The van der Waals surface area contributed by atoms with Crippen molar-refractivity contribution in [1.82, 2.24) is 5.32 Å². The van der Waals surface area contributed by atoms with E-state index >= 15 is 0 Å². The van der Waals surface area contributed by atoms with Gasteiger partial charge in [0.2, 0.25) is 10.0 Å².